The van der Waals surface area contributed by atoms with Gasteiger partial charge in [-0.15, -0.1) is 0 Å². The predicted molar refractivity (Wildman–Crippen MR) is 58.6 cm³/mol. The molecule has 1 aromatic heterocycles. The van der Waals surface area contributed by atoms with E-state index in [0.29, 0.717) is 0 Å². The highest BCUT2D eigenvalue weighted by Gasteiger charge is 2.15. The summed E-state index contributed by atoms with van der Waals surface area (Å²) in [5.41, 5.74) is 0. The minimum absolute atomic E-state index is 0.0379. The van der Waals surface area contributed by atoms with Gasteiger partial charge in [0.2, 0.25) is 0 Å². The molecule has 14 heavy (non-hydrogen) atoms. The molecule has 1 heterocycles. The summed E-state index contributed by atoms with van der Waals surface area (Å²) < 4.78 is 1.48. The summed E-state index contributed by atoms with van der Waals surface area (Å²) in [7, 11) is 1.81. The Hall–Kier alpha value is -0.970. The second kappa shape index (κ2) is 5.05. The lowest BCUT2D eigenvalue weighted by Crippen LogP contribution is -2.38. The van der Waals surface area contributed by atoms with Crippen molar-refractivity contribution in [3.05, 3.63) is 18.7 Å². The molecule has 0 saturated heterocycles. The normalized spacial score (nSPS) is 12.5. The number of amides is 1. The molecule has 0 aromatic carbocycles. The van der Waals surface area contributed by atoms with E-state index in [1.165, 1.54) is 10.9 Å². The lowest BCUT2D eigenvalue weighted by Gasteiger charge is -2.23. The Kier molecular flexibility index (Phi) is 4.00. The van der Waals surface area contributed by atoms with Crippen LogP contribution in [0.3, 0.4) is 0 Å². The Morgan fingerprint density at radius 2 is 2.43 bits per heavy atom. The topological polar surface area (TPSA) is 38.1 Å². The summed E-state index contributed by atoms with van der Waals surface area (Å²) in [4.78, 5) is 17.3. The molecule has 4 nitrogen and oxygen atoms in total. The smallest absolute Gasteiger partial charge is 0.324 e. The molecular weight excluding hydrogens is 198 g/mol. The summed E-state index contributed by atoms with van der Waals surface area (Å²) in [6.45, 7) is 2.03. The maximum Gasteiger partial charge on any atom is 0.329 e. The minimum atomic E-state index is -0.0379. The largest absolute Gasteiger partial charge is 0.329 e. The average Bonchev–Trinajstić information content (AvgIpc) is 2.68. The van der Waals surface area contributed by atoms with Crippen molar-refractivity contribution in [3.8, 4) is 0 Å². The molecule has 1 rings (SSSR count). The Morgan fingerprint density at radius 3 is 2.93 bits per heavy atom. The molecule has 78 valence electrons. The van der Waals surface area contributed by atoms with Crippen LogP contribution >= 0.6 is 11.8 Å². The fraction of sp³-hybridized carbons (Fsp3) is 0.556. The second-order valence-electron chi connectivity index (χ2n) is 3.17. The molecule has 1 atom stereocenters. The molecule has 0 spiro atoms. The lowest BCUT2D eigenvalue weighted by atomic mass is 10.3. The lowest BCUT2D eigenvalue weighted by molar-refractivity contribution is 0.200. The van der Waals surface area contributed by atoms with Gasteiger partial charge in [0.25, 0.3) is 0 Å². The van der Waals surface area contributed by atoms with Gasteiger partial charge in [-0.2, -0.15) is 11.8 Å². The monoisotopic (exact) mass is 213 g/mol. The summed E-state index contributed by atoms with van der Waals surface area (Å²) in [5, 5.41) is 0. The van der Waals surface area contributed by atoms with E-state index in [9.17, 15) is 4.79 Å². The molecule has 0 aliphatic rings. The zero-order chi connectivity index (χ0) is 10.6. The van der Waals surface area contributed by atoms with Gasteiger partial charge in [0.05, 0.1) is 0 Å². The van der Waals surface area contributed by atoms with Crippen molar-refractivity contribution in [2.75, 3.05) is 19.1 Å². The predicted octanol–water partition coefficient (Wildman–Crippen LogP) is 1.53. The summed E-state index contributed by atoms with van der Waals surface area (Å²) in [6, 6.07) is 0.198. The van der Waals surface area contributed by atoms with Crippen molar-refractivity contribution in [2.45, 2.75) is 13.0 Å². The number of thioether (sulfide) groups is 1. The van der Waals surface area contributed by atoms with E-state index >= 15 is 0 Å². The molecule has 0 radical (unpaired) electrons. The maximum atomic E-state index is 11.8. The summed E-state index contributed by atoms with van der Waals surface area (Å²) in [5.74, 6) is 0.941. The molecule has 0 N–H and O–H groups in total. The Labute approximate surface area is 88.3 Å². The first-order valence-electron chi connectivity index (χ1n) is 4.41. The Morgan fingerprint density at radius 1 is 1.71 bits per heavy atom. The van der Waals surface area contributed by atoms with Gasteiger partial charge >= 0.3 is 6.03 Å². The molecule has 5 heteroatoms. The van der Waals surface area contributed by atoms with E-state index in [1.807, 2.05) is 20.2 Å². The van der Waals surface area contributed by atoms with Crippen LogP contribution in [0.2, 0.25) is 0 Å². The number of hydrogen-bond donors (Lipinski definition) is 0. The first-order valence-corrected chi connectivity index (χ1v) is 5.80. The van der Waals surface area contributed by atoms with Gasteiger partial charge in [-0.05, 0) is 13.2 Å². The molecule has 1 unspecified atom stereocenters. The maximum absolute atomic E-state index is 11.8. The van der Waals surface area contributed by atoms with Crippen molar-refractivity contribution in [3.63, 3.8) is 0 Å². The van der Waals surface area contributed by atoms with Crippen LogP contribution in [0.25, 0.3) is 0 Å². The van der Waals surface area contributed by atoms with Gasteiger partial charge in [0.1, 0.15) is 6.33 Å². The average molecular weight is 213 g/mol. The molecule has 0 bridgehead atoms. The van der Waals surface area contributed by atoms with E-state index in [0.717, 1.165) is 5.75 Å². The van der Waals surface area contributed by atoms with Gasteiger partial charge < -0.3 is 4.90 Å². The SMILES string of the molecule is CSCC(C)N(C)C(=O)n1ccnc1. The number of hydrogen-bond acceptors (Lipinski definition) is 3. The van der Waals surface area contributed by atoms with Gasteiger partial charge in [0.15, 0.2) is 0 Å². The number of nitrogens with zero attached hydrogens (tertiary/aromatic N) is 3. The first kappa shape index (κ1) is 11.1. The van der Waals surface area contributed by atoms with Crippen LogP contribution in [0.4, 0.5) is 4.79 Å². The molecule has 0 saturated carbocycles. The Balaban J connectivity index is 2.61. The van der Waals surface area contributed by atoms with E-state index in [2.05, 4.69) is 4.98 Å². The van der Waals surface area contributed by atoms with E-state index in [1.54, 1.807) is 29.1 Å². The third-order valence-corrected chi connectivity index (χ3v) is 2.91. The van der Waals surface area contributed by atoms with Crippen molar-refractivity contribution in [1.82, 2.24) is 14.5 Å². The molecule has 0 aliphatic heterocycles. The highest BCUT2D eigenvalue weighted by molar-refractivity contribution is 7.98. The Bertz CT molecular complexity index is 286. The van der Waals surface area contributed by atoms with Crippen LogP contribution in [-0.2, 0) is 0 Å². The van der Waals surface area contributed by atoms with Gasteiger partial charge in [-0.25, -0.2) is 9.78 Å². The number of carbonyl (C=O) groups is 1. The van der Waals surface area contributed by atoms with E-state index < -0.39 is 0 Å². The van der Waals surface area contributed by atoms with Crippen LogP contribution in [0.1, 0.15) is 6.92 Å². The van der Waals surface area contributed by atoms with E-state index in [-0.39, 0.29) is 12.1 Å². The van der Waals surface area contributed by atoms with Gasteiger partial charge in [-0.3, -0.25) is 4.57 Å². The molecule has 1 aromatic rings. The highest BCUT2D eigenvalue weighted by Crippen LogP contribution is 2.05. The third-order valence-electron chi connectivity index (χ3n) is 2.10. The van der Waals surface area contributed by atoms with Crippen molar-refractivity contribution in [1.29, 1.82) is 0 Å². The molecule has 0 aliphatic carbocycles. The summed E-state index contributed by atoms with van der Waals surface area (Å²) in [6.07, 6.45) is 6.81. The molecular formula is C9H15N3OS. The number of imidazole rings is 1. The van der Waals surface area contributed by atoms with Crippen LogP contribution in [-0.4, -0.2) is 45.6 Å². The van der Waals surface area contributed by atoms with Gasteiger partial charge in [-0.1, -0.05) is 0 Å². The van der Waals surface area contributed by atoms with Crippen molar-refractivity contribution >= 4 is 17.8 Å². The quantitative estimate of drug-likeness (QED) is 0.764. The van der Waals surface area contributed by atoms with Crippen LogP contribution < -0.4 is 0 Å². The fourth-order valence-electron chi connectivity index (χ4n) is 1.10. The van der Waals surface area contributed by atoms with Crippen LogP contribution in [0, 0.1) is 0 Å². The van der Waals surface area contributed by atoms with Crippen LogP contribution in [0.5, 0.6) is 0 Å². The highest BCUT2D eigenvalue weighted by atomic mass is 32.2. The number of aromatic nitrogens is 2. The van der Waals surface area contributed by atoms with Crippen molar-refractivity contribution in [2.24, 2.45) is 0 Å². The van der Waals surface area contributed by atoms with Gasteiger partial charge in [0, 0.05) is 31.2 Å². The standard InChI is InChI=1S/C9H15N3OS/c1-8(6-14-3)11(2)9(13)12-5-4-10-7-12/h4-5,7-8H,6H2,1-3H3. The third kappa shape index (κ3) is 2.51. The van der Waals surface area contributed by atoms with Crippen LogP contribution in [0.15, 0.2) is 18.7 Å². The molecule has 0 fully saturated rings. The summed E-state index contributed by atoms with van der Waals surface area (Å²) >= 11 is 1.73. The minimum Gasteiger partial charge on any atom is -0.324 e. The first-order chi connectivity index (χ1) is 6.66. The number of carbonyl (C=O) groups excluding carboxylic acids is 1. The zero-order valence-corrected chi connectivity index (χ0v) is 9.49. The van der Waals surface area contributed by atoms with Crippen molar-refractivity contribution < 1.29 is 4.79 Å². The second-order valence-corrected chi connectivity index (χ2v) is 4.08. The molecule has 1 amide bonds. The number of rotatable bonds is 3. The van der Waals surface area contributed by atoms with E-state index in [4.69, 9.17) is 0 Å². The zero-order valence-electron chi connectivity index (χ0n) is 8.67. The fourth-order valence-corrected chi connectivity index (χ4v) is 1.80.